The Morgan fingerprint density at radius 1 is 1.47 bits per heavy atom. The second-order valence-electron chi connectivity index (χ2n) is 5.31. The highest BCUT2D eigenvalue weighted by Gasteiger charge is 2.27. The maximum Gasteiger partial charge on any atom is 0.0959 e. The Kier molecular flexibility index (Phi) is 3.45. The summed E-state index contributed by atoms with van der Waals surface area (Å²) in [4.78, 5) is 7.31. The van der Waals surface area contributed by atoms with Crippen LogP contribution >= 0.6 is 11.3 Å². The van der Waals surface area contributed by atoms with Crippen LogP contribution in [0.25, 0.3) is 0 Å². The summed E-state index contributed by atoms with van der Waals surface area (Å²) in [6.07, 6.45) is 5.35. The fourth-order valence-corrected chi connectivity index (χ4v) is 3.56. The van der Waals surface area contributed by atoms with Gasteiger partial charge in [0.1, 0.15) is 0 Å². The third-order valence-electron chi connectivity index (χ3n) is 3.80. The lowest BCUT2D eigenvalue weighted by Crippen LogP contribution is -2.43. The van der Waals surface area contributed by atoms with Gasteiger partial charge in [-0.05, 0) is 39.3 Å². The standard InChI is InChI=1S/C13H21N3S/c1-14-11-3-2-6-16(7-11)8-12-9-17-13(15-12)10-4-5-10/h9-11,14H,2-8H2,1H3. The Morgan fingerprint density at radius 2 is 2.35 bits per heavy atom. The molecule has 2 heterocycles. The third kappa shape index (κ3) is 2.87. The van der Waals surface area contributed by atoms with E-state index in [9.17, 15) is 0 Å². The largest absolute Gasteiger partial charge is 0.316 e. The van der Waals surface area contributed by atoms with Gasteiger partial charge in [-0.25, -0.2) is 4.98 Å². The highest BCUT2D eigenvalue weighted by molar-refractivity contribution is 7.09. The lowest BCUT2D eigenvalue weighted by atomic mass is 10.1. The van der Waals surface area contributed by atoms with E-state index in [0.717, 1.165) is 12.5 Å². The van der Waals surface area contributed by atoms with Crippen molar-refractivity contribution in [2.24, 2.45) is 0 Å². The van der Waals surface area contributed by atoms with E-state index in [1.165, 1.54) is 49.5 Å². The smallest absolute Gasteiger partial charge is 0.0959 e. The van der Waals surface area contributed by atoms with Crippen molar-refractivity contribution in [2.45, 2.75) is 44.2 Å². The molecule has 3 nitrogen and oxygen atoms in total. The van der Waals surface area contributed by atoms with Crippen molar-refractivity contribution in [3.05, 3.63) is 16.1 Å². The minimum atomic E-state index is 0.672. The molecule has 0 bridgehead atoms. The maximum atomic E-state index is 4.77. The number of hydrogen-bond donors (Lipinski definition) is 1. The quantitative estimate of drug-likeness (QED) is 0.889. The van der Waals surface area contributed by atoms with E-state index in [1.807, 2.05) is 11.3 Å². The second-order valence-corrected chi connectivity index (χ2v) is 6.20. The van der Waals surface area contributed by atoms with Gasteiger partial charge < -0.3 is 5.32 Å². The molecule has 0 radical (unpaired) electrons. The number of likely N-dealkylation sites (tertiary alicyclic amines) is 1. The first-order valence-electron chi connectivity index (χ1n) is 6.69. The number of piperidine rings is 1. The van der Waals surface area contributed by atoms with E-state index in [-0.39, 0.29) is 0 Å². The molecule has 94 valence electrons. The van der Waals surface area contributed by atoms with E-state index in [4.69, 9.17) is 4.98 Å². The van der Waals surface area contributed by atoms with Crippen LogP contribution in [0, 0.1) is 0 Å². The van der Waals surface area contributed by atoms with Gasteiger partial charge in [0.2, 0.25) is 0 Å². The molecule has 1 saturated heterocycles. The van der Waals surface area contributed by atoms with Crippen LogP contribution in [-0.2, 0) is 6.54 Å². The summed E-state index contributed by atoms with van der Waals surface area (Å²) in [5, 5.41) is 7.03. The summed E-state index contributed by atoms with van der Waals surface area (Å²) in [5.74, 6) is 0.806. The number of hydrogen-bond acceptors (Lipinski definition) is 4. The first kappa shape index (κ1) is 11.6. The Morgan fingerprint density at radius 3 is 3.12 bits per heavy atom. The molecule has 1 aromatic heterocycles. The molecule has 4 heteroatoms. The van der Waals surface area contributed by atoms with Crippen LogP contribution in [0.15, 0.2) is 5.38 Å². The fourth-order valence-electron chi connectivity index (χ4n) is 2.58. The van der Waals surface area contributed by atoms with Crippen LogP contribution in [0.5, 0.6) is 0 Å². The Hall–Kier alpha value is -0.450. The molecular weight excluding hydrogens is 230 g/mol. The van der Waals surface area contributed by atoms with Crippen molar-refractivity contribution in [1.29, 1.82) is 0 Å². The highest BCUT2D eigenvalue weighted by Crippen LogP contribution is 2.41. The van der Waals surface area contributed by atoms with E-state index in [0.29, 0.717) is 6.04 Å². The van der Waals surface area contributed by atoms with E-state index in [2.05, 4.69) is 22.6 Å². The molecule has 1 unspecified atom stereocenters. The number of aromatic nitrogens is 1. The lowest BCUT2D eigenvalue weighted by Gasteiger charge is -2.31. The summed E-state index contributed by atoms with van der Waals surface area (Å²) in [5.41, 5.74) is 1.29. The number of nitrogens with zero attached hydrogens (tertiary/aromatic N) is 2. The number of nitrogens with one attached hydrogen (secondary N) is 1. The van der Waals surface area contributed by atoms with Gasteiger partial charge in [0.15, 0.2) is 0 Å². The van der Waals surface area contributed by atoms with Gasteiger partial charge in [-0.3, -0.25) is 4.90 Å². The van der Waals surface area contributed by atoms with Gasteiger partial charge in [-0.2, -0.15) is 0 Å². The van der Waals surface area contributed by atoms with Crippen LogP contribution in [0.2, 0.25) is 0 Å². The minimum absolute atomic E-state index is 0.672. The molecule has 17 heavy (non-hydrogen) atoms. The topological polar surface area (TPSA) is 28.2 Å². The van der Waals surface area contributed by atoms with Crippen LogP contribution in [-0.4, -0.2) is 36.1 Å². The molecule has 1 N–H and O–H groups in total. The summed E-state index contributed by atoms with van der Waals surface area (Å²) < 4.78 is 0. The van der Waals surface area contributed by atoms with Crippen molar-refractivity contribution in [3.8, 4) is 0 Å². The van der Waals surface area contributed by atoms with Crippen molar-refractivity contribution in [1.82, 2.24) is 15.2 Å². The molecule has 1 saturated carbocycles. The second kappa shape index (κ2) is 5.04. The van der Waals surface area contributed by atoms with Crippen molar-refractivity contribution >= 4 is 11.3 Å². The molecular formula is C13H21N3S. The zero-order chi connectivity index (χ0) is 11.7. The molecule has 2 aliphatic rings. The summed E-state index contributed by atoms with van der Waals surface area (Å²) in [6.45, 7) is 3.45. The molecule has 0 aromatic carbocycles. The molecule has 0 spiro atoms. The van der Waals surface area contributed by atoms with Crippen LogP contribution in [0.4, 0.5) is 0 Å². The summed E-state index contributed by atoms with van der Waals surface area (Å²) >= 11 is 1.86. The van der Waals surface area contributed by atoms with Gasteiger partial charge in [0.25, 0.3) is 0 Å². The van der Waals surface area contributed by atoms with Gasteiger partial charge >= 0.3 is 0 Å². The number of likely N-dealkylation sites (N-methyl/N-ethyl adjacent to an activating group) is 1. The van der Waals surface area contributed by atoms with Gasteiger partial charge in [-0.1, -0.05) is 0 Å². The molecule has 3 rings (SSSR count). The molecule has 1 aliphatic carbocycles. The predicted octanol–water partition coefficient (Wildman–Crippen LogP) is 2.20. The Bertz CT molecular complexity index is 372. The van der Waals surface area contributed by atoms with E-state index in [1.54, 1.807) is 0 Å². The van der Waals surface area contributed by atoms with Gasteiger partial charge in [-0.15, -0.1) is 11.3 Å². The molecule has 1 aliphatic heterocycles. The molecule has 2 fully saturated rings. The van der Waals surface area contributed by atoms with Gasteiger partial charge in [0.05, 0.1) is 10.7 Å². The Balaban J connectivity index is 1.57. The zero-order valence-corrected chi connectivity index (χ0v) is 11.3. The number of thiazole rings is 1. The molecule has 1 atom stereocenters. The van der Waals surface area contributed by atoms with Gasteiger partial charge in [0, 0.05) is 30.4 Å². The molecule has 1 aromatic rings. The predicted molar refractivity (Wildman–Crippen MR) is 71.4 cm³/mol. The summed E-state index contributed by atoms with van der Waals surface area (Å²) in [7, 11) is 2.07. The van der Waals surface area contributed by atoms with Crippen LogP contribution < -0.4 is 5.32 Å². The van der Waals surface area contributed by atoms with E-state index >= 15 is 0 Å². The van der Waals surface area contributed by atoms with Crippen LogP contribution in [0.1, 0.15) is 42.3 Å². The number of rotatable bonds is 4. The van der Waals surface area contributed by atoms with Crippen molar-refractivity contribution < 1.29 is 0 Å². The SMILES string of the molecule is CNC1CCCN(Cc2csc(C3CC3)n2)C1. The van der Waals surface area contributed by atoms with Crippen molar-refractivity contribution in [2.75, 3.05) is 20.1 Å². The van der Waals surface area contributed by atoms with Crippen molar-refractivity contribution in [3.63, 3.8) is 0 Å². The Labute approximate surface area is 107 Å². The molecule has 0 amide bonds. The summed E-state index contributed by atoms with van der Waals surface area (Å²) in [6, 6.07) is 0.672. The highest BCUT2D eigenvalue weighted by atomic mass is 32.1. The van der Waals surface area contributed by atoms with Crippen LogP contribution in [0.3, 0.4) is 0 Å². The minimum Gasteiger partial charge on any atom is -0.316 e. The first-order valence-corrected chi connectivity index (χ1v) is 7.57. The monoisotopic (exact) mass is 251 g/mol. The fraction of sp³-hybridized carbons (Fsp3) is 0.769. The maximum absolute atomic E-state index is 4.77. The van der Waals surface area contributed by atoms with E-state index < -0.39 is 0 Å². The first-order chi connectivity index (χ1) is 8.35. The third-order valence-corrected chi connectivity index (χ3v) is 4.85. The normalized spacial score (nSPS) is 26.3. The zero-order valence-electron chi connectivity index (χ0n) is 10.5. The average molecular weight is 251 g/mol. The average Bonchev–Trinajstić information content (AvgIpc) is 3.11. The lowest BCUT2D eigenvalue weighted by molar-refractivity contribution is 0.186.